The van der Waals surface area contributed by atoms with E-state index in [-0.39, 0.29) is 6.04 Å². The molecule has 0 spiro atoms. The van der Waals surface area contributed by atoms with E-state index in [0.29, 0.717) is 5.91 Å². The van der Waals surface area contributed by atoms with E-state index in [9.17, 15) is 4.79 Å². The van der Waals surface area contributed by atoms with Crippen molar-refractivity contribution < 1.29 is 4.79 Å². The molecule has 2 saturated heterocycles. The topological polar surface area (TPSA) is 35.6 Å². The molecule has 4 heteroatoms. The van der Waals surface area contributed by atoms with Gasteiger partial charge in [-0.2, -0.15) is 0 Å². The molecule has 2 aliphatic rings. The van der Waals surface area contributed by atoms with E-state index in [1.165, 1.54) is 0 Å². The highest BCUT2D eigenvalue weighted by Crippen LogP contribution is 2.17. The van der Waals surface area contributed by atoms with Gasteiger partial charge in [0.25, 0.3) is 0 Å². The SMILES string of the molecule is CCN1CCC(N2CCNCC2)C1=O. The zero-order chi connectivity index (χ0) is 9.97. The molecule has 1 amide bonds. The predicted octanol–water partition coefficient (Wildman–Crippen LogP) is -0.488. The number of amides is 1. The van der Waals surface area contributed by atoms with E-state index in [2.05, 4.69) is 17.1 Å². The van der Waals surface area contributed by atoms with Crippen LogP contribution in [0.2, 0.25) is 0 Å². The molecule has 14 heavy (non-hydrogen) atoms. The summed E-state index contributed by atoms with van der Waals surface area (Å²) in [5, 5.41) is 3.31. The zero-order valence-corrected chi connectivity index (χ0v) is 8.83. The molecule has 0 saturated carbocycles. The van der Waals surface area contributed by atoms with Crippen LogP contribution in [0.3, 0.4) is 0 Å². The first-order valence-electron chi connectivity index (χ1n) is 5.56. The largest absolute Gasteiger partial charge is 0.342 e. The van der Waals surface area contributed by atoms with E-state index in [1.54, 1.807) is 0 Å². The number of piperazine rings is 1. The Bertz CT molecular complexity index is 213. The van der Waals surface area contributed by atoms with E-state index in [4.69, 9.17) is 0 Å². The Labute approximate surface area is 85.2 Å². The average molecular weight is 197 g/mol. The summed E-state index contributed by atoms with van der Waals surface area (Å²) in [6.07, 6.45) is 1.02. The van der Waals surface area contributed by atoms with Gasteiger partial charge in [0.05, 0.1) is 6.04 Å². The maximum absolute atomic E-state index is 11.9. The number of carbonyl (C=O) groups excluding carboxylic acids is 1. The lowest BCUT2D eigenvalue weighted by molar-refractivity contribution is -0.132. The minimum atomic E-state index is 0.178. The molecule has 0 bridgehead atoms. The fraction of sp³-hybridized carbons (Fsp3) is 0.900. The second-order valence-electron chi connectivity index (χ2n) is 4.01. The highest BCUT2D eigenvalue weighted by atomic mass is 16.2. The standard InChI is InChI=1S/C10H19N3O/c1-2-12-6-3-9(10(12)14)13-7-4-11-5-8-13/h9,11H,2-8H2,1H3. The Morgan fingerprint density at radius 2 is 2.07 bits per heavy atom. The van der Waals surface area contributed by atoms with Crippen molar-refractivity contribution in [1.82, 2.24) is 15.1 Å². The molecule has 2 rings (SSSR count). The first-order valence-corrected chi connectivity index (χ1v) is 5.56. The van der Waals surface area contributed by atoms with Crippen molar-refractivity contribution in [3.63, 3.8) is 0 Å². The van der Waals surface area contributed by atoms with Gasteiger partial charge in [-0.15, -0.1) is 0 Å². The Morgan fingerprint density at radius 1 is 1.36 bits per heavy atom. The van der Waals surface area contributed by atoms with E-state index < -0.39 is 0 Å². The maximum atomic E-state index is 11.9. The quantitative estimate of drug-likeness (QED) is 0.649. The smallest absolute Gasteiger partial charge is 0.239 e. The Kier molecular flexibility index (Phi) is 3.03. The molecule has 4 nitrogen and oxygen atoms in total. The number of hydrogen-bond donors (Lipinski definition) is 1. The number of nitrogens with zero attached hydrogens (tertiary/aromatic N) is 2. The number of rotatable bonds is 2. The van der Waals surface area contributed by atoms with Crippen LogP contribution in [0.15, 0.2) is 0 Å². The van der Waals surface area contributed by atoms with Gasteiger partial charge >= 0.3 is 0 Å². The monoisotopic (exact) mass is 197 g/mol. The summed E-state index contributed by atoms with van der Waals surface area (Å²) in [6, 6.07) is 0.178. The summed E-state index contributed by atoms with van der Waals surface area (Å²) in [5.41, 5.74) is 0. The molecular formula is C10H19N3O. The highest BCUT2D eigenvalue weighted by Gasteiger charge is 2.35. The molecule has 80 valence electrons. The summed E-state index contributed by atoms with van der Waals surface area (Å²) in [6.45, 7) is 7.96. The number of carbonyl (C=O) groups is 1. The fourth-order valence-corrected chi connectivity index (χ4v) is 2.37. The van der Waals surface area contributed by atoms with Gasteiger partial charge < -0.3 is 10.2 Å². The minimum absolute atomic E-state index is 0.178. The fourth-order valence-electron chi connectivity index (χ4n) is 2.37. The first-order chi connectivity index (χ1) is 6.83. The molecule has 1 N–H and O–H groups in total. The van der Waals surface area contributed by atoms with Gasteiger partial charge in [0, 0.05) is 39.3 Å². The second kappa shape index (κ2) is 4.28. The number of hydrogen-bond acceptors (Lipinski definition) is 3. The van der Waals surface area contributed by atoms with Crippen molar-refractivity contribution in [1.29, 1.82) is 0 Å². The van der Waals surface area contributed by atoms with Crippen LogP contribution < -0.4 is 5.32 Å². The summed E-state index contributed by atoms with van der Waals surface area (Å²) >= 11 is 0. The summed E-state index contributed by atoms with van der Waals surface area (Å²) in [5.74, 6) is 0.342. The molecular weight excluding hydrogens is 178 g/mol. The molecule has 2 aliphatic heterocycles. The predicted molar refractivity (Wildman–Crippen MR) is 55.1 cm³/mol. The van der Waals surface area contributed by atoms with Crippen molar-refractivity contribution >= 4 is 5.91 Å². The van der Waals surface area contributed by atoms with Crippen LogP contribution in [0, 0.1) is 0 Å². The van der Waals surface area contributed by atoms with Crippen molar-refractivity contribution in [2.75, 3.05) is 39.3 Å². The van der Waals surface area contributed by atoms with Crippen molar-refractivity contribution in [2.24, 2.45) is 0 Å². The van der Waals surface area contributed by atoms with Crippen LogP contribution in [0.5, 0.6) is 0 Å². The van der Waals surface area contributed by atoms with Gasteiger partial charge in [-0.1, -0.05) is 0 Å². The first kappa shape index (κ1) is 9.93. The highest BCUT2D eigenvalue weighted by molar-refractivity contribution is 5.83. The van der Waals surface area contributed by atoms with Crippen molar-refractivity contribution in [2.45, 2.75) is 19.4 Å². The number of likely N-dealkylation sites (N-methyl/N-ethyl adjacent to an activating group) is 1. The number of likely N-dealkylation sites (tertiary alicyclic amines) is 1. The molecule has 0 radical (unpaired) electrons. The van der Waals surface area contributed by atoms with Crippen LogP contribution in [0.1, 0.15) is 13.3 Å². The molecule has 0 aromatic carbocycles. The van der Waals surface area contributed by atoms with Gasteiger partial charge in [-0.25, -0.2) is 0 Å². The van der Waals surface area contributed by atoms with Crippen molar-refractivity contribution in [3.8, 4) is 0 Å². The van der Waals surface area contributed by atoms with Gasteiger partial charge in [0.15, 0.2) is 0 Å². The Morgan fingerprint density at radius 3 is 2.64 bits per heavy atom. The molecule has 1 atom stereocenters. The number of nitrogens with one attached hydrogen (secondary N) is 1. The third-order valence-electron chi connectivity index (χ3n) is 3.24. The van der Waals surface area contributed by atoms with Gasteiger partial charge in [-0.3, -0.25) is 9.69 Å². The Balaban J connectivity index is 1.94. The average Bonchev–Trinajstić information content (AvgIpc) is 2.61. The van der Waals surface area contributed by atoms with Crippen LogP contribution in [-0.4, -0.2) is 61.0 Å². The summed E-state index contributed by atoms with van der Waals surface area (Å²) in [4.78, 5) is 16.2. The minimum Gasteiger partial charge on any atom is -0.342 e. The second-order valence-corrected chi connectivity index (χ2v) is 4.01. The molecule has 2 fully saturated rings. The van der Waals surface area contributed by atoms with Crippen LogP contribution in [0.25, 0.3) is 0 Å². The third-order valence-corrected chi connectivity index (χ3v) is 3.24. The van der Waals surface area contributed by atoms with Gasteiger partial charge in [0.2, 0.25) is 5.91 Å². The lowest BCUT2D eigenvalue weighted by Gasteiger charge is -2.31. The maximum Gasteiger partial charge on any atom is 0.239 e. The van der Waals surface area contributed by atoms with Gasteiger partial charge in [0.1, 0.15) is 0 Å². The van der Waals surface area contributed by atoms with Gasteiger partial charge in [-0.05, 0) is 13.3 Å². The third kappa shape index (κ3) is 1.77. The molecule has 2 heterocycles. The Hall–Kier alpha value is -0.610. The van der Waals surface area contributed by atoms with Crippen LogP contribution in [0.4, 0.5) is 0 Å². The summed E-state index contributed by atoms with van der Waals surface area (Å²) in [7, 11) is 0. The molecule has 1 unspecified atom stereocenters. The van der Waals surface area contributed by atoms with Crippen LogP contribution in [-0.2, 0) is 4.79 Å². The van der Waals surface area contributed by atoms with E-state index in [0.717, 1.165) is 45.7 Å². The lowest BCUT2D eigenvalue weighted by atomic mass is 10.2. The molecule has 0 aromatic heterocycles. The van der Waals surface area contributed by atoms with Crippen molar-refractivity contribution in [3.05, 3.63) is 0 Å². The molecule has 0 aliphatic carbocycles. The normalized spacial score (nSPS) is 29.9. The summed E-state index contributed by atoms with van der Waals surface area (Å²) < 4.78 is 0. The molecule has 0 aromatic rings. The van der Waals surface area contributed by atoms with E-state index >= 15 is 0 Å². The lowest BCUT2D eigenvalue weighted by Crippen LogP contribution is -2.51. The van der Waals surface area contributed by atoms with E-state index in [1.807, 2.05) is 4.90 Å². The zero-order valence-electron chi connectivity index (χ0n) is 8.83. The van der Waals surface area contributed by atoms with Crippen LogP contribution >= 0.6 is 0 Å².